The van der Waals surface area contributed by atoms with Crippen molar-refractivity contribution in [3.8, 4) is 0 Å². The van der Waals surface area contributed by atoms with Crippen molar-refractivity contribution in [2.24, 2.45) is 5.11 Å². The van der Waals surface area contributed by atoms with Gasteiger partial charge in [-0.1, -0.05) is 11.2 Å². The first-order valence-electron chi connectivity index (χ1n) is 2.99. The van der Waals surface area contributed by atoms with Crippen molar-refractivity contribution in [2.45, 2.75) is 0 Å². The van der Waals surface area contributed by atoms with Gasteiger partial charge >= 0.3 is 0 Å². The lowest BCUT2D eigenvalue weighted by atomic mass is 10.4. The molecule has 0 aliphatic carbocycles. The van der Waals surface area contributed by atoms with Gasteiger partial charge in [-0.15, -0.1) is 11.3 Å². The molecule has 0 amide bonds. The lowest BCUT2D eigenvalue weighted by Crippen LogP contribution is -1.69. The molecular formula is C6H6N4S. The van der Waals surface area contributed by atoms with Crippen molar-refractivity contribution in [3.05, 3.63) is 33.1 Å². The molecule has 4 nitrogen and oxygen atoms in total. The number of rotatable bonds is 3. The molecule has 0 fully saturated rings. The molecule has 5 heteroatoms. The first-order chi connectivity index (χ1) is 5.43. The van der Waals surface area contributed by atoms with Crippen LogP contribution in [0.5, 0.6) is 0 Å². The zero-order valence-corrected chi connectivity index (χ0v) is 6.53. The number of aromatic nitrogens is 1. The Morgan fingerprint density at radius 3 is 3.36 bits per heavy atom. The van der Waals surface area contributed by atoms with Crippen molar-refractivity contribution in [1.29, 1.82) is 0 Å². The van der Waals surface area contributed by atoms with Crippen LogP contribution >= 0.6 is 11.3 Å². The van der Waals surface area contributed by atoms with Gasteiger partial charge in [0.25, 0.3) is 0 Å². The smallest absolute Gasteiger partial charge is 0.0798 e. The third kappa shape index (κ3) is 2.84. The molecule has 0 aliphatic heterocycles. The third-order valence-electron chi connectivity index (χ3n) is 0.990. The van der Waals surface area contributed by atoms with Gasteiger partial charge in [0.2, 0.25) is 0 Å². The largest absolute Gasteiger partial charge is 0.245 e. The minimum Gasteiger partial charge on any atom is -0.245 e. The molecule has 0 unspecified atom stereocenters. The van der Waals surface area contributed by atoms with Crippen LogP contribution in [0.4, 0.5) is 0 Å². The first-order valence-corrected chi connectivity index (χ1v) is 3.93. The number of hydrogen-bond acceptors (Lipinski definition) is 3. The molecule has 11 heavy (non-hydrogen) atoms. The molecule has 0 atom stereocenters. The zero-order valence-electron chi connectivity index (χ0n) is 5.71. The summed E-state index contributed by atoms with van der Waals surface area (Å²) >= 11 is 1.54. The first kappa shape index (κ1) is 7.78. The normalized spacial score (nSPS) is 9.82. The molecule has 0 N–H and O–H groups in total. The van der Waals surface area contributed by atoms with E-state index < -0.39 is 0 Å². The van der Waals surface area contributed by atoms with Gasteiger partial charge in [0.1, 0.15) is 0 Å². The summed E-state index contributed by atoms with van der Waals surface area (Å²) in [6, 6.07) is 0. The number of azide groups is 1. The Kier molecular flexibility index (Phi) is 3.18. The van der Waals surface area contributed by atoms with E-state index in [-0.39, 0.29) is 0 Å². The van der Waals surface area contributed by atoms with Crippen LogP contribution in [-0.2, 0) is 0 Å². The lowest BCUT2D eigenvalue weighted by Gasteiger charge is -1.78. The second-order valence-electron chi connectivity index (χ2n) is 1.73. The molecule has 1 aromatic rings. The maximum absolute atomic E-state index is 7.93. The third-order valence-corrected chi connectivity index (χ3v) is 1.60. The van der Waals surface area contributed by atoms with Gasteiger partial charge < -0.3 is 0 Å². The molecule has 0 spiro atoms. The summed E-state index contributed by atoms with van der Waals surface area (Å²) in [6.45, 7) is 0.383. The average molecular weight is 166 g/mol. The Morgan fingerprint density at radius 2 is 2.73 bits per heavy atom. The van der Waals surface area contributed by atoms with Gasteiger partial charge in [0.05, 0.1) is 11.2 Å². The topological polar surface area (TPSA) is 61.7 Å². The Bertz CT molecular complexity index is 271. The van der Waals surface area contributed by atoms with E-state index in [0.717, 1.165) is 5.69 Å². The summed E-state index contributed by atoms with van der Waals surface area (Å²) in [4.78, 5) is 6.62. The SMILES string of the molecule is [N-]=[N+]=NCC=Cc1cscn1. The van der Waals surface area contributed by atoms with Crippen molar-refractivity contribution in [1.82, 2.24) is 4.98 Å². The van der Waals surface area contributed by atoms with Gasteiger partial charge in [-0.05, 0) is 11.6 Å². The summed E-state index contributed by atoms with van der Waals surface area (Å²) in [7, 11) is 0. The van der Waals surface area contributed by atoms with E-state index in [1.807, 2.05) is 11.5 Å². The molecule has 0 bridgehead atoms. The summed E-state index contributed by atoms with van der Waals surface area (Å²) in [5.74, 6) is 0. The molecule has 1 rings (SSSR count). The lowest BCUT2D eigenvalue weighted by molar-refractivity contribution is 1.22. The molecular weight excluding hydrogens is 160 g/mol. The average Bonchev–Trinajstić information content (AvgIpc) is 2.50. The van der Waals surface area contributed by atoms with Crippen LogP contribution in [0.1, 0.15) is 5.69 Å². The second kappa shape index (κ2) is 4.49. The molecule has 0 radical (unpaired) electrons. The number of nitrogens with zero attached hydrogens (tertiary/aromatic N) is 4. The number of hydrogen-bond donors (Lipinski definition) is 0. The van der Waals surface area contributed by atoms with Crippen LogP contribution in [0.25, 0.3) is 16.5 Å². The molecule has 0 saturated carbocycles. The minimum atomic E-state index is 0.383. The predicted octanol–water partition coefficient (Wildman–Crippen LogP) is 2.47. The Morgan fingerprint density at radius 1 is 1.82 bits per heavy atom. The maximum Gasteiger partial charge on any atom is 0.0798 e. The highest BCUT2D eigenvalue weighted by molar-refractivity contribution is 7.07. The van der Waals surface area contributed by atoms with Crippen molar-refractivity contribution in [2.75, 3.05) is 6.54 Å². The molecule has 0 aliphatic rings. The van der Waals surface area contributed by atoms with Gasteiger partial charge in [0, 0.05) is 16.8 Å². The maximum atomic E-state index is 7.93. The fourth-order valence-corrected chi connectivity index (χ4v) is 1.08. The fraction of sp³-hybridized carbons (Fsp3) is 0.167. The number of thiazole rings is 1. The Hall–Kier alpha value is -1.32. The summed E-state index contributed by atoms with van der Waals surface area (Å²) in [5, 5.41) is 5.26. The van der Waals surface area contributed by atoms with E-state index in [1.165, 1.54) is 11.3 Å². The summed E-state index contributed by atoms with van der Waals surface area (Å²) in [5.41, 5.74) is 10.6. The second-order valence-corrected chi connectivity index (χ2v) is 2.45. The molecule has 1 aromatic heterocycles. The van der Waals surface area contributed by atoms with E-state index in [2.05, 4.69) is 15.0 Å². The van der Waals surface area contributed by atoms with Crippen LogP contribution in [0.2, 0.25) is 0 Å². The van der Waals surface area contributed by atoms with Crippen LogP contribution in [0, 0.1) is 0 Å². The molecule has 0 aromatic carbocycles. The van der Waals surface area contributed by atoms with E-state index in [0.29, 0.717) is 6.54 Å². The monoisotopic (exact) mass is 166 g/mol. The van der Waals surface area contributed by atoms with Crippen molar-refractivity contribution >= 4 is 17.4 Å². The Balaban J connectivity index is 2.42. The molecule has 0 saturated heterocycles. The highest BCUT2D eigenvalue weighted by atomic mass is 32.1. The van der Waals surface area contributed by atoms with Crippen molar-refractivity contribution < 1.29 is 0 Å². The molecule has 1 heterocycles. The fourth-order valence-electron chi connectivity index (χ4n) is 0.561. The standard InChI is InChI=1S/C6H6N4S/c7-10-9-3-1-2-6-4-11-5-8-6/h1-2,4-5H,3H2. The van der Waals surface area contributed by atoms with E-state index >= 15 is 0 Å². The zero-order chi connectivity index (χ0) is 7.94. The van der Waals surface area contributed by atoms with Gasteiger partial charge in [-0.3, -0.25) is 0 Å². The van der Waals surface area contributed by atoms with E-state index in [1.54, 1.807) is 11.6 Å². The van der Waals surface area contributed by atoms with Crippen LogP contribution in [0.3, 0.4) is 0 Å². The van der Waals surface area contributed by atoms with E-state index in [4.69, 9.17) is 5.53 Å². The summed E-state index contributed by atoms with van der Waals surface area (Å²) < 4.78 is 0. The summed E-state index contributed by atoms with van der Waals surface area (Å²) in [6.07, 6.45) is 3.60. The highest BCUT2D eigenvalue weighted by Crippen LogP contribution is 2.02. The quantitative estimate of drug-likeness (QED) is 0.386. The predicted molar refractivity (Wildman–Crippen MR) is 45.2 cm³/mol. The van der Waals surface area contributed by atoms with Crippen LogP contribution < -0.4 is 0 Å². The van der Waals surface area contributed by atoms with Crippen LogP contribution in [0.15, 0.2) is 22.1 Å². The molecule has 56 valence electrons. The van der Waals surface area contributed by atoms with Gasteiger partial charge in [-0.2, -0.15) is 0 Å². The highest BCUT2D eigenvalue weighted by Gasteiger charge is 1.83. The van der Waals surface area contributed by atoms with Gasteiger partial charge in [0.15, 0.2) is 0 Å². The Labute approximate surface area is 67.8 Å². The minimum absolute atomic E-state index is 0.383. The van der Waals surface area contributed by atoms with Gasteiger partial charge in [-0.25, -0.2) is 4.98 Å². The van der Waals surface area contributed by atoms with Crippen molar-refractivity contribution in [3.63, 3.8) is 0 Å². The van der Waals surface area contributed by atoms with Crippen LogP contribution in [-0.4, -0.2) is 11.5 Å². The van der Waals surface area contributed by atoms with E-state index in [9.17, 15) is 0 Å².